The number of aromatic nitrogens is 1. The first kappa shape index (κ1) is 21.5. The molecule has 0 aliphatic rings. The lowest BCUT2D eigenvalue weighted by Gasteiger charge is -2.18. The van der Waals surface area contributed by atoms with Crippen molar-refractivity contribution in [3.05, 3.63) is 45.9 Å². The smallest absolute Gasteiger partial charge is 0.133 e. The molecule has 0 atom stereocenters. The molecular weight excluding hydrogens is 455 g/mol. The minimum absolute atomic E-state index is 0. The van der Waals surface area contributed by atoms with E-state index in [1.54, 1.807) is 11.3 Å². The third kappa shape index (κ3) is 5.11. The van der Waals surface area contributed by atoms with E-state index in [9.17, 15) is 0 Å². The maximum Gasteiger partial charge on any atom is 0.133 e. The topological polar surface area (TPSA) is 25.4 Å². The molecule has 0 saturated heterocycles. The molecule has 3 rings (SSSR count). The number of nitrogens with zero attached hydrogens (tertiary/aromatic N) is 2. The minimum atomic E-state index is 0. The second-order valence-corrected chi connectivity index (χ2v) is 7.97. The summed E-state index contributed by atoms with van der Waals surface area (Å²) in [4.78, 5) is 7.03. The van der Waals surface area contributed by atoms with E-state index in [1.165, 1.54) is 0 Å². The van der Waals surface area contributed by atoms with E-state index in [4.69, 9.17) is 16.3 Å². The maximum absolute atomic E-state index is 6.05. The van der Waals surface area contributed by atoms with E-state index in [0.29, 0.717) is 11.6 Å². The zero-order chi connectivity index (χ0) is 17.8. The highest BCUT2D eigenvalue weighted by Crippen LogP contribution is 2.35. The largest absolute Gasteiger partial charge is 0.491 e. The molecule has 140 valence electrons. The normalized spacial score (nSPS) is 11.0. The highest BCUT2D eigenvalue weighted by atomic mass is 79.9. The zero-order valence-electron chi connectivity index (χ0n) is 14.7. The fourth-order valence-electron chi connectivity index (χ4n) is 2.60. The molecule has 7 heteroatoms. The van der Waals surface area contributed by atoms with Gasteiger partial charge >= 0.3 is 0 Å². The van der Waals surface area contributed by atoms with Gasteiger partial charge in [0, 0.05) is 17.1 Å². The Hall–Kier alpha value is -0.850. The van der Waals surface area contributed by atoms with E-state index >= 15 is 0 Å². The molecule has 0 radical (unpaired) electrons. The molecule has 2 aromatic carbocycles. The first-order chi connectivity index (χ1) is 12.1. The summed E-state index contributed by atoms with van der Waals surface area (Å²) in [6.07, 6.45) is 0. The van der Waals surface area contributed by atoms with Gasteiger partial charge in [0.1, 0.15) is 17.4 Å². The summed E-state index contributed by atoms with van der Waals surface area (Å²) in [7, 11) is 0. The van der Waals surface area contributed by atoms with Crippen molar-refractivity contribution >= 4 is 61.5 Å². The van der Waals surface area contributed by atoms with E-state index in [0.717, 1.165) is 50.6 Å². The van der Waals surface area contributed by atoms with Crippen LogP contribution in [0.5, 0.6) is 5.75 Å². The lowest BCUT2D eigenvalue weighted by atomic mass is 10.2. The van der Waals surface area contributed by atoms with E-state index in [1.807, 2.05) is 24.3 Å². The van der Waals surface area contributed by atoms with Crippen molar-refractivity contribution in [2.75, 3.05) is 26.2 Å². The second-order valence-electron chi connectivity index (χ2n) is 5.65. The predicted molar refractivity (Wildman–Crippen MR) is 118 cm³/mol. The van der Waals surface area contributed by atoms with Crippen molar-refractivity contribution in [1.29, 1.82) is 0 Å². The van der Waals surface area contributed by atoms with Crippen molar-refractivity contribution in [1.82, 2.24) is 9.88 Å². The molecule has 0 unspecified atom stereocenters. The number of fused-ring (bicyclic) bond motifs is 1. The lowest BCUT2D eigenvalue weighted by Crippen LogP contribution is -2.27. The molecule has 1 aromatic heterocycles. The first-order valence-corrected chi connectivity index (χ1v) is 10.3. The average Bonchev–Trinajstić information content (AvgIpc) is 3.03. The molecule has 0 fully saturated rings. The van der Waals surface area contributed by atoms with Crippen LogP contribution in [0.4, 0.5) is 0 Å². The van der Waals surface area contributed by atoms with Gasteiger partial charge in [0.05, 0.1) is 14.7 Å². The fraction of sp³-hybridized carbons (Fsp3) is 0.316. The third-order valence-corrected chi connectivity index (χ3v) is 6.03. The molecule has 0 N–H and O–H groups in total. The van der Waals surface area contributed by atoms with Gasteiger partial charge in [-0.25, -0.2) is 4.98 Å². The van der Waals surface area contributed by atoms with Crippen molar-refractivity contribution in [2.45, 2.75) is 13.8 Å². The van der Waals surface area contributed by atoms with Crippen LogP contribution in [0.2, 0.25) is 5.02 Å². The second kappa shape index (κ2) is 9.90. The standard InChI is InChI=1S/C19H20BrClN2OS.ClH/c1-3-23(4-2)9-10-24-17-7-5-13(11-15(17)20)19-22-16-12-14(21)6-8-18(16)25-19;/h5-8,11-12H,3-4,9-10H2,1-2H3;1H. The van der Waals surface area contributed by atoms with Gasteiger partial charge in [-0.05, 0) is 65.4 Å². The Morgan fingerprint density at radius 1 is 1.15 bits per heavy atom. The third-order valence-electron chi connectivity index (χ3n) is 4.09. The summed E-state index contributed by atoms with van der Waals surface area (Å²) >= 11 is 11.3. The van der Waals surface area contributed by atoms with Crippen molar-refractivity contribution in [3.63, 3.8) is 0 Å². The molecule has 3 aromatic rings. The molecule has 0 aliphatic carbocycles. The van der Waals surface area contributed by atoms with Gasteiger partial charge in [-0.3, -0.25) is 0 Å². The quantitative estimate of drug-likeness (QED) is 0.388. The molecule has 1 heterocycles. The number of likely N-dealkylation sites (N-methyl/N-ethyl adjacent to an activating group) is 1. The Morgan fingerprint density at radius 3 is 2.62 bits per heavy atom. The van der Waals surface area contributed by atoms with Gasteiger partial charge in [-0.15, -0.1) is 23.7 Å². The number of hydrogen-bond acceptors (Lipinski definition) is 4. The predicted octanol–water partition coefficient (Wildman–Crippen LogP) is 6.52. The SMILES string of the molecule is CCN(CC)CCOc1ccc(-c2nc3cc(Cl)ccc3s2)cc1Br.Cl. The average molecular weight is 476 g/mol. The highest BCUT2D eigenvalue weighted by molar-refractivity contribution is 9.10. The molecule has 0 aliphatic heterocycles. The number of benzene rings is 2. The number of rotatable bonds is 7. The molecule has 0 saturated carbocycles. The number of thiazole rings is 1. The zero-order valence-corrected chi connectivity index (χ0v) is 18.6. The Labute approximate surface area is 177 Å². The van der Waals surface area contributed by atoms with Gasteiger partial charge in [0.25, 0.3) is 0 Å². The van der Waals surface area contributed by atoms with E-state index in [2.05, 4.69) is 51.8 Å². The van der Waals surface area contributed by atoms with Crippen LogP contribution >= 0.6 is 51.3 Å². The number of hydrogen-bond donors (Lipinski definition) is 0. The first-order valence-electron chi connectivity index (χ1n) is 8.32. The molecule has 0 bridgehead atoms. The van der Waals surface area contributed by atoms with Gasteiger partial charge in [0.15, 0.2) is 0 Å². The summed E-state index contributed by atoms with van der Waals surface area (Å²) < 4.78 is 7.99. The Balaban J connectivity index is 0.00000243. The molecule has 3 nitrogen and oxygen atoms in total. The Morgan fingerprint density at radius 2 is 1.92 bits per heavy atom. The number of halogens is 3. The lowest BCUT2D eigenvalue weighted by molar-refractivity contribution is 0.222. The van der Waals surface area contributed by atoms with Gasteiger partial charge in [-0.1, -0.05) is 25.4 Å². The maximum atomic E-state index is 6.05. The van der Waals surface area contributed by atoms with Crippen LogP contribution in [0.3, 0.4) is 0 Å². The van der Waals surface area contributed by atoms with Crippen LogP contribution in [0.25, 0.3) is 20.8 Å². The minimum Gasteiger partial charge on any atom is -0.491 e. The van der Waals surface area contributed by atoms with Crippen molar-refractivity contribution in [2.24, 2.45) is 0 Å². The fourth-order valence-corrected chi connectivity index (χ4v) is 4.20. The van der Waals surface area contributed by atoms with E-state index in [-0.39, 0.29) is 12.4 Å². The molecule has 0 spiro atoms. The highest BCUT2D eigenvalue weighted by Gasteiger charge is 2.10. The van der Waals surface area contributed by atoms with Crippen molar-refractivity contribution in [3.8, 4) is 16.3 Å². The van der Waals surface area contributed by atoms with Crippen LogP contribution < -0.4 is 4.74 Å². The molecular formula is C19H21BrCl2N2OS. The Bertz CT molecular complexity index is 868. The summed E-state index contributed by atoms with van der Waals surface area (Å²) in [5.74, 6) is 0.861. The summed E-state index contributed by atoms with van der Waals surface area (Å²) in [5.41, 5.74) is 2.00. The van der Waals surface area contributed by atoms with Gasteiger partial charge in [0.2, 0.25) is 0 Å². The van der Waals surface area contributed by atoms with Crippen LogP contribution in [0.15, 0.2) is 40.9 Å². The van der Waals surface area contributed by atoms with Gasteiger partial charge < -0.3 is 9.64 Å². The molecule has 0 amide bonds. The number of ether oxygens (including phenoxy) is 1. The van der Waals surface area contributed by atoms with Crippen LogP contribution in [0, 0.1) is 0 Å². The Kier molecular flexibility index (Phi) is 8.17. The van der Waals surface area contributed by atoms with Crippen LogP contribution in [-0.4, -0.2) is 36.1 Å². The molecule has 26 heavy (non-hydrogen) atoms. The summed E-state index contributed by atoms with van der Waals surface area (Å²) in [6.45, 7) is 8.03. The van der Waals surface area contributed by atoms with Crippen LogP contribution in [0.1, 0.15) is 13.8 Å². The van der Waals surface area contributed by atoms with E-state index < -0.39 is 0 Å². The van der Waals surface area contributed by atoms with Crippen molar-refractivity contribution < 1.29 is 4.74 Å². The van der Waals surface area contributed by atoms with Crippen LogP contribution in [-0.2, 0) is 0 Å². The van der Waals surface area contributed by atoms with Gasteiger partial charge in [-0.2, -0.15) is 0 Å². The summed E-state index contributed by atoms with van der Waals surface area (Å²) in [5, 5.41) is 1.69. The monoisotopic (exact) mass is 474 g/mol. The summed E-state index contributed by atoms with van der Waals surface area (Å²) in [6, 6.07) is 11.9.